The second kappa shape index (κ2) is 10.5. The van der Waals surface area contributed by atoms with Crippen molar-refractivity contribution in [2.45, 2.75) is 46.0 Å². The molecule has 1 aliphatic rings. The van der Waals surface area contributed by atoms with Gasteiger partial charge in [0, 0.05) is 13.1 Å². The minimum atomic E-state index is -2.50. The summed E-state index contributed by atoms with van der Waals surface area (Å²) in [5.74, 6) is -2.43. The Morgan fingerprint density at radius 2 is 1.43 bits per heavy atom. The van der Waals surface area contributed by atoms with Gasteiger partial charge in [0.25, 0.3) is 6.43 Å². The van der Waals surface area contributed by atoms with E-state index in [0.717, 1.165) is 25.7 Å². The Kier molecular flexibility index (Phi) is 9.06. The summed E-state index contributed by atoms with van der Waals surface area (Å²) in [5.41, 5.74) is 0. The average Bonchev–Trinajstić information content (AvgIpc) is 2.90. The molecule has 7 heteroatoms. The predicted octanol–water partition coefficient (Wildman–Crippen LogP) is 2.49. The molecule has 1 aliphatic heterocycles. The second-order valence-electron chi connectivity index (χ2n) is 5.86. The van der Waals surface area contributed by atoms with Crippen LogP contribution in [0.4, 0.5) is 8.78 Å². The summed E-state index contributed by atoms with van der Waals surface area (Å²) >= 11 is 0. The van der Waals surface area contributed by atoms with Gasteiger partial charge in [0.05, 0.1) is 31.6 Å². The van der Waals surface area contributed by atoms with Gasteiger partial charge in [0.1, 0.15) is 0 Å². The Hall–Kier alpha value is -1.24. The first kappa shape index (κ1) is 19.8. The number of hydrogen-bond acceptors (Lipinski definition) is 5. The van der Waals surface area contributed by atoms with E-state index in [0.29, 0.717) is 0 Å². The molecular formula is C16H27F2NO4. The Morgan fingerprint density at radius 3 is 1.78 bits per heavy atom. The van der Waals surface area contributed by atoms with Crippen LogP contribution in [-0.2, 0) is 19.1 Å². The number of halogens is 2. The van der Waals surface area contributed by atoms with Crippen molar-refractivity contribution in [3.63, 3.8) is 0 Å². The van der Waals surface area contributed by atoms with Crippen molar-refractivity contribution in [1.29, 1.82) is 0 Å². The first-order valence-corrected chi connectivity index (χ1v) is 8.33. The zero-order valence-corrected chi connectivity index (χ0v) is 13.9. The van der Waals surface area contributed by atoms with Crippen LogP contribution in [0.5, 0.6) is 0 Å². The van der Waals surface area contributed by atoms with E-state index in [1.165, 1.54) is 4.90 Å². The number of ether oxygens (including phenoxy) is 2. The van der Waals surface area contributed by atoms with Gasteiger partial charge in [-0.1, -0.05) is 26.7 Å². The fourth-order valence-electron chi connectivity index (χ4n) is 2.56. The molecule has 0 bridgehead atoms. The summed E-state index contributed by atoms with van der Waals surface area (Å²) in [6.45, 7) is 4.31. The van der Waals surface area contributed by atoms with Crippen LogP contribution >= 0.6 is 0 Å². The lowest BCUT2D eigenvalue weighted by Crippen LogP contribution is -2.31. The summed E-state index contributed by atoms with van der Waals surface area (Å²) < 4.78 is 35.5. The van der Waals surface area contributed by atoms with Gasteiger partial charge in [-0.2, -0.15) is 0 Å². The molecule has 23 heavy (non-hydrogen) atoms. The van der Waals surface area contributed by atoms with Crippen LogP contribution in [0, 0.1) is 11.8 Å². The lowest BCUT2D eigenvalue weighted by atomic mass is 9.96. The van der Waals surface area contributed by atoms with Crippen LogP contribution in [0.2, 0.25) is 0 Å². The molecule has 1 saturated heterocycles. The number of hydrogen-bond donors (Lipinski definition) is 0. The third kappa shape index (κ3) is 6.81. The second-order valence-corrected chi connectivity index (χ2v) is 5.86. The molecule has 0 N–H and O–H groups in total. The molecule has 0 spiro atoms. The molecule has 1 fully saturated rings. The Labute approximate surface area is 136 Å². The smallest absolute Gasteiger partial charge is 0.311 e. The van der Waals surface area contributed by atoms with E-state index in [1.54, 1.807) is 0 Å². The molecule has 0 aromatic carbocycles. The van der Waals surface area contributed by atoms with Crippen LogP contribution in [0.25, 0.3) is 0 Å². The van der Waals surface area contributed by atoms with Crippen molar-refractivity contribution in [3.8, 4) is 0 Å². The topological polar surface area (TPSA) is 55.8 Å². The number of carbonyl (C=O) groups excluding carboxylic acids is 2. The highest BCUT2D eigenvalue weighted by atomic mass is 19.3. The fraction of sp³-hybridized carbons (Fsp3) is 0.875. The monoisotopic (exact) mass is 335 g/mol. The van der Waals surface area contributed by atoms with Crippen LogP contribution in [0.15, 0.2) is 0 Å². The number of rotatable bonds is 10. The van der Waals surface area contributed by atoms with Crippen molar-refractivity contribution in [1.82, 2.24) is 4.90 Å². The molecular weight excluding hydrogens is 308 g/mol. The van der Waals surface area contributed by atoms with Gasteiger partial charge in [-0.25, -0.2) is 8.78 Å². The average molecular weight is 335 g/mol. The zero-order valence-electron chi connectivity index (χ0n) is 13.9. The molecule has 0 aromatic rings. The van der Waals surface area contributed by atoms with Gasteiger partial charge >= 0.3 is 11.9 Å². The Bertz CT molecular complexity index is 349. The van der Waals surface area contributed by atoms with E-state index in [4.69, 9.17) is 9.47 Å². The largest absolute Gasteiger partial charge is 0.465 e. The first-order chi connectivity index (χ1) is 11.0. The standard InChI is InChI=1S/C16H27F2NO4/c1-3-5-7-22-15(20)12-9-19(11-14(17)18)10-13(12)16(21)23-8-6-4-2/h12-14H,3-11H2,1-2H3/t12-,13?/m0/s1. The lowest BCUT2D eigenvalue weighted by molar-refractivity contribution is -0.158. The Balaban J connectivity index is 2.64. The quantitative estimate of drug-likeness (QED) is 0.453. The van der Waals surface area contributed by atoms with Crippen LogP contribution < -0.4 is 0 Å². The molecule has 2 atom stereocenters. The minimum absolute atomic E-state index is 0.114. The molecule has 134 valence electrons. The molecule has 1 rings (SSSR count). The summed E-state index contributed by atoms with van der Waals surface area (Å²) in [7, 11) is 0. The minimum Gasteiger partial charge on any atom is -0.465 e. The highest BCUT2D eigenvalue weighted by molar-refractivity contribution is 5.83. The summed E-state index contributed by atoms with van der Waals surface area (Å²) in [5, 5.41) is 0. The van der Waals surface area contributed by atoms with Crippen molar-refractivity contribution in [3.05, 3.63) is 0 Å². The van der Waals surface area contributed by atoms with Gasteiger partial charge in [0.15, 0.2) is 0 Å². The summed E-state index contributed by atoms with van der Waals surface area (Å²) in [6.07, 6.45) is 0.757. The van der Waals surface area contributed by atoms with Crippen LogP contribution in [0.1, 0.15) is 39.5 Å². The molecule has 1 heterocycles. The molecule has 0 aromatic heterocycles. The van der Waals surface area contributed by atoms with Crippen molar-refractivity contribution in [2.24, 2.45) is 11.8 Å². The van der Waals surface area contributed by atoms with Crippen molar-refractivity contribution < 1.29 is 27.8 Å². The molecule has 1 unspecified atom stereocenters. The molecule has 5 nitrogen and oxygen atoms in total. The van der Waals surface area contributed by atoms with Crippen molar-refractivity contribution >= 4 is 11.9 Å². The molecule has 0 aliphatic carbocycles. The van der Waals surface area contributed by atoms with Gasteiger partial charge in [-0.15, -0.1) is 0 Å². The Morgan fingerprint density at radius 1 is 1.00 bits per heavy atom. The van der Waals surface area contributed by atoms with E-state index >= 15 is 0 Å². The van der Waals surface area contributed by atoms with Gasteiger partial charge in [-0.05, 0) is 12.8 Å². The normalized spacial score (nSPS) is 21.6. The zero-order chi connectivity index (χ0) is 17.2. The van der Waals surface area contributed by atoms with Crippen LogP contribution in [0.3, 0.4) is 0 Å². The summed E-state index contributed by atoms with van der Waals surface area (Å²) in [6, 6.07) is 0. The fourth-order valence-corrected chi connectivity index (χ4v) is 2.56. The SMILES string of the molecule is CCCCOC(=O)C1CN(CC(F)F)C[C@@H]1C(=O)OCCCC. The van der Waals surface area contributed by atoms with Gasteiger partial charge in [0.2, 0.25) is 0 Å². The first-order valence-electron chi connectivity index (χ1n) is 8.33. The van der Waals surface area contributed by atoms with E-state index in [2.05, 4.69) is 0 Å². The highest BCUT2D eigenvalue weighted by Crippen LogP contribution is 2.27. The highest BCUT2D eigenvalue weighted by Gasteiger charge is 2.44. The van der Waals surface area contributed by atoms with E-state index in [9.17, 15) is 18.4 Å². The maximum absolute atomic E-state index is 12.6. The number of esters is 2. The lowest BCUT2D eigenvalue weighted by Gasteiger charge is -2.16. The predicted molar refractivity (Wildman–Crippen MR) is 81.2 cm³/mol. The summed E-state index contributed by atoms with van der Waals surface area (Å²) in [4.78, 5) is 25.7. The molecule has 0 saturated carbocycles. The van der Waals surface area contributed by atoms with E-state index in [-0.39, 0.29) is 26.3 Å². The number of likely N-dealkylation sites (tertiary alicyclic amines) is 1. The molecule has 0 amide bonds. The van der Waals surface area contributed by atoms with Gasteiger partial charge in [-0.3, -0.25) is 14.5 Å². The van der Waals surface area contributed by atoms with Crippen LogP contribution in [-0.4, -0.2) is 56.1 Å². The number of nitrogens with zero attached hydrogens (tertiary/aromatic N) is 1. The third-order valence-corrected chi connectivity index (χ3v) is 3.88. The molecule has 0 radical (unpaired) electrons. The van der Waals surface area contributed by atoms with E-state index in [1.807, 2.05) is 13.8 Å². The number of unbranched alkanes of at least 4 members (excludes halogenated alkanes) is 2. The number of carbonyl (C=O) groups is 2. The number of alkyl halides is 2. The third-order valence-electron chi connectivity index (χ3n) is 3.88. The van der Waals surface area contributed by atoms with E-state index < -0.39 is 36.7 Å². The van der Waals surface area contributed by atoms with Gasteiger partial charge < -0.3 is 9.47 Å². The van der Waals surface area contributed by atoms with Crippen molar-refractivity contribution in [2.75, 3.05) is 32.8 Å². The maximum Gasteiger partial charge on any atom is 0.311 e. The maximum atomic E-state index is 12.6.